The minimum Gasteiger partial charge on any atom is -0.481 e. The van der Waals surface area contributed by atoms with Crippen LogP contribution in [-0.2, 0) is 9.59 Å². The zero-order valence-electron chi connectivity index (χ0n) is 19.3. The molecule has 9 heteroatoms. The molecule has 1 aliphatic heterocycles. The van der Waals surface area contributed by atoms with Crippen molar-refractivity contribution in [3.63, 3.8) is 0 Å². The molecule has 3 aromatic rings. The summed E-state index contributed by atoms with van der Waals surface area (Å²) in [6.07, 6.45) is 0.667. The van der Waals surface area contributed by atoms with Gasteiger partial charge in [-0.05, 0) is 56.0 Å². The van der Waals surface area contributed by atoms with Crippen molar-refractivity contribution in [1.82, 2.24) is 4.90 Å². The molecule has 1 aliphatic rings. The highest BCUT2D eigenvalue weighted by Crippen LogP contribution is 2.34. The summed E-state index contributed by atoms with van der Waals surface area (Å²) in [6.45, 7) is 4.21. The number of carboxylic acid groups (broad SMARTS) is 1. The quantitative estimate of drug-likeness (QED) is 0.478. The largest absolute Gasteiger partial charge is 0.481 e. The van der Waals surface area contributed by atoms with Crippen molar-refractivity contribution < 1.29 is 28.2 Å². The number of carbonyl (C=O) groups excluding carboxylic acids is 1. The maximum absolute atomic E-state index is 13.5. The van der Waals surface area contributed by atoms with Crippen LogP contribution in [0.2, 0.25) is 5.02 Å². The Morgan fingerprint density at radius 2 is 1.94 bits per heavy atom. The van der Waals surface area contributed by atoms with Crippen molar-refractivity contribution in [2.75, 3.05) is 13.1 Å². The van der Waals surface area contributed by atoms with E-state index in [-0.39, 0.29) is 22.4 Å². The molecule has 0 aliphatic carbocycles. The van der Waals surface area contributed by atoms with Crippen LogP contribution >= 0.6 is 11.6 Å². The molecule has 0 radical (unpaired) electrons. The summed E-state index contributed by atoms with van der Waals surface area (Å²) < 4.78 is 24.7. The van der Waals surface area contributed by atoms with Crippen molar-refractivity contribution in [2.24, 2.45) is 11.8 Å². The first-order chi connectivity index (χ1) is 16.6. The predicted molar refractivity (Wildman–Crippen MR) is 129 cm³/mol. The van der Waals surface area contributed by atoms with Gasteiger partial charge in [0.15, 0.2) is 6.10 Å². The van der Waals surface area contributed by atoms with E-state index in [0.29, 0.717) is 35.4 Å². The number of hydrogen-bond donors (Lipinski definition) is 1. The van der Waals surface area contributed by atoms with Gasteiger partial charge in [-0.1, -0.05) is 18.5 Å². The minimum atomic E-state index is -0.868. The predicted octanol–water partition coefficient (Wildman–Crippen LogP) is 4.98. The van der Waals surface area contributed by atoms with Gasteiger partial charge < -0.3 is 19.2 Å². The minimum absolute atomic E-state index is 0.107. The smallest absolute Gasteiger partial charge is 0.336 e. The molecular weight excluding hydrogens is 477 g/mol. The van der Waals surface area contributed by atoms with Gasteiger partial charge in [0.05, 0.1) is 10.9 Å². The van der Waals surface area contributed by atoms with Gasteiger partial charge >= 0.3 is 11.6 Å². The van der Waals surface area contributed by atoms with E-state index < -0.39 is 29.4 Å². The molecule has 0 bridgehead atoms. The fourth-order valence-electron chi connectivity index (χ4n) is 4.48. The Morgan fingerprint density at radius 3 is 2.66 bits per heavy atom. The number of aliphatic carboxylic acids is 1. The average molecular weight is 502 g/mol. The number of fused-ring (bicyclic) bond motifs is 1. The molecule has 3 atom stereocenters. The van der Waals surface area contributed by atoms with E-state index in [1.807, 2.05) is 0 Å². The number of carboxylic acids is 1. The number of hydrogen-bond acceptors (Lipinski definition) is 5. The maximum Gasteiger partial charge on any atom is 0.336 e. The summed E-state index contributed by atoms with van der Waals surface area (Å²) in [4.78, 5) is 38.2. The van der Waals surface area contributed by atoms with Crippen LogP contribution < -0.4 is 10.4 Å². The lowest BCUT2D eigenvalue weighted by molar-refractivity contribution is -0.147. The van der Waals surface area contributed by atoms with Crippen LogP contribution in [0.3, 0.4) is 0 Å². The third-order valence-corrected chi connectivity index (χ3v) is 6.78. The normalized spacial score (nSPS) is 17.7. The zero-order valence-corrected chi connectivity index (χ0v) is 20.0. The van der Waals surface area contributed by atoms with E-state index in [1.165, 1.54) is 30.3 Å². The van der Waals surface area contributed by atoms with Gasteiger partial charge in [0.1, 0.15) is 17.1 Å². The number of rotatable bonds is 6. The molecule has 2 aromatic carbocycles. The Balaban J connectivity index is 1.55. The van der Waals surface area contributed by atoms with Gasteiger partial charge in [-0.25, -0.2) is 9.18 Å². The van der Waals surface area contributed by atoms with E-state index in [9.17, 15) is 23.9 Å². The highest BCUT2D eigenvalue weighted by Gasteiger charge is 2.32. The first-order valence-electron chi connectivity index (χ1n) is 11.4. The molecule has 1 fully saturated rings. The third kappa shape index (κ3) is 5.32. The Kier molecular flexibility index (Phi) is 7.12. The number of likely N-dealkylation sites (tertiary alicyclic amines) is 1. The topological polar surface area (TPSA) is 97.0 Å². The number of amides is 1. The van der Waals surface area contributed by atoms with Crippen LogP contribution in [0.25, 0.3) is 22.1 Å². The van der Waals surface area contributed by atoms with E-state index in [4.69, 9.17) is 20.8 Å². The van der Waals surface area contributed by atoms with Crippen LogP contribution in [0.4, 0.5) is 4.39 Å². The third-order valence-electron chi connectivity index (χ3n) is 6.46. The Hall–Kier alpha value is -3.39. The summed E-state index contributed by atoms with van der Waals surface area (Å²) in [6, 6.07) is 10.1. The number of carbonyl (C=O) groups is 2. The average Bonchev–Trinajstić information content (AvgIpc) is 2.82. The Bertz CT molecular complexity index is 1340. The van der Waals surface area contributed by atoms with Gasteiger partial charge in [-0.3, -0.25) is 9.59 Å². The first-order valence-corrected chi connectivity index (χ1v) is 11.7. The SMILES string of the molecule is CC(C(=O)O)[C@@H]1CCCN(C(=O)[C@@H](C)Oc2ccc3c(-c4ccc(F)cc4Cl)cc(=O)oc3c2)C1. The molecule has 7 nitrogen and oxygen atoms in total. The molecule has 0 saturated carbocycles. The molecule has 1 amide bonds. The monoisotopic (exact) mass is 501 g/mol. The van der Waals surface area contributed by atoms with E-state index in [0.717, 1.165) is 12.8 Å². The van der Waals surface area contributed by atoms with Crippen LogP contribution in [-0.4, -0.2) is 41.1 Å². The summed E-state index contributed by atoms with van der Waals surface area (Å²) in [7, 11) is 0. The fraction of sp³-hybridized carbons (Fsp3) is 0.346. The standard InChI is InChI=1S/C26H25ClFNO6/c1-14(26(32)33)16-4-3-9-29(13-16)25(31)15(2)34-18-6-8-20-21(12-24(30)35-23(20)11-18)19-7-5-17(28)10-22(19)27/h5-8,10-12,14-16H,3-4,9,13H2,1-2H3,(H,32,33)/t14?,15-,16-/m1/s1. The second kappa shape index (κ2) is 10.1. The Labute approximate surface area is 206 Å². The number of nitrogens with zero attached hydrogens (tertiary/aromatic N) is 1. The van der Waals surface area contributed by atoms with E-state index in [2.05, 4.69) is 0 Å². The molecule has 0 spiro atoms. The van der Waals surface area contributed by atoms with Crippen LogP contribution in [0.15, 0.2) is 51.7 Å². The summed E-state index contributed by atoms with van der Waals surface area (Å²) in [5, 5.41) is 10.0. The van der Waals surface area contributed by atoms with Crippen molar-refractivity contribution in [3.05, 3.63) is 63.7 Å². The Morgan fingerprint density at radius 1 is 1.17 bits per heavy atom. The van der Waals surface area contributed by atoms with Crippen molar-refractivity contribution in [1.29, 1.82) is 0 Å². The fourth-order valence-corrected chi connectivity index (χ4v) is 4.75. The van der Waals surface area contributed by atoms with Crippen molar-refractivity contribution >= 4 is 34.4 Å². The van der Waals surface area contributed by atoms with Gasteiger partial charge in [-0.15, -0.1) is 0 Å². The molecule has 35 heavy (non-hydrogen) atoms. The maximum atomic E-state index is 13.5. The molecular formula is C26H25ClFNO6. The van der Waals surface area contributed by atoms with E-state index in [1.54, 1.807) is 30.9 Å². The molecule has 184 valence electrons. The molecule has 4 rings (SSSR count). The van der Waals surface area contributed by atoms with E-state index >= 15 is 0 Å². The van der Waals surface area contributed by atoms with Crippen LogP contribution in [0, 0.1) is 17.7 Å². The number of benzene rings is 2. The van der Waals surface area contributed by atoms with Gasteiger partial charge in [0, 0.05) is 41.7 Å². The van der Waals surface area contributed by atoms with Gasteiger partial charge in [-0.2, -0.15) is 0 Å². The number of ether oxygens (including phenoxy) is 1. The molecule has 2 heterocycles. The lowest BCUT2D eigenvalue weighted by atomic mass is 9.86. The zero-order chi connectivity index (χ0) is 25.3. The van der Waals surface area contributed by atoms with Crippen molar-refractivity contribution in [2.45, 2.75) is 32.8 Å². The van der Waals surface area contributed by atoms with Crippen LogP contribution in [0.5, 0.6) is 5.75 Å². The highest BCUT2D eigenvalue weighted by molar-refractivity contribution is 6.33. The summed E-state index contributed by atoms with van der Waals surface area (Å²) in [5.74, 6) is -1.90. The molecule has 1 N–H and O–H groups in total. The van der Waals surface area contributed by atoms with Crippen LogP contribution in [0.1, 0.15) is 26.7 Å². The molecule has 1 aromatic heterocycles. The second-order valence-corrected chi connectivity index (χ2v) is 9.24. The summed E-state index contributed by atoms with van der Waals surface area (Å²) >= 11 is 6.20. The molecule has 1 saturated heterocycles. The highest BCUT2D eigenvalue weighted by atomic mass is 35.5. The van der Waals surface area contributed by atoms with Crippen molar-refractivity contribution in [3.8, 4) is 16.9 Å². The number of halogens is 2. The number of piperidine rings is 1. The first kappa shape index (κ1) is 24.7. The second-order valence-electron chi connectivity index (χ2n) is 8.83. The molecule has 1 unspecified atom stereocenters. The van der Waals surface area contributed by atoms with Gasteiger partial charge in [0.25, 0.3) is 5.91 Å². The lowest BCUT2D eigenvalue weighted by Gasteiger charge is -2.35. The summed E-state index contributed by atoms with van der Waals surface area (Å²) in [5.41, 5.74) is 0.599. The lowest BCUT2D eigenvalue weighted by Crippen LogP contribution is -2.47. The van der Waals surface area contributed by atoms with Gasteiger partial charge in [0.2, 0.25) is 0 Å².